The van der Waals surface area contributed by atoms with Gasteiger partial charge in [-0.05, 0) is 37.1 Å². The minimum atomic E-state index is -1.01. The van der Waals surface area contributed by atoms with Crippen molar-refractivity contribution >= 4 is 23.1 Å². The molecule has 1 aromatic carbocycles. The first-order valence-corrected chi connectivity index (χ1v) is 10.7. The maximum absolute atomic E-state index is 13.0. The Bertz CT molecular complexity index is 831. The molecule has 0 bridgehead atoms. The normalized spacial score (nSPS) is 19.9. The van der Waals surface area contributed by atoms with E-state index in [0.29, 0.717) is 37.3 Å². The standard InChI is InChI=1S/C20H25FN4O3S/c21-15-1-3-16(4-2-15)22-19(26)25-7-5-20(27,6-8-25)17-14-29-18(23-17)13-24-9-11-28-12-10-24/h1-4,14,27H,5-13H2,(H,22,26). The predicted octanol–water partition coefficient (Wildman–Crippen LogP) is 2.63. The van der Waals surface area contributed by atoms with Gasteiger partial charge in [-0.3, -0.25) is 4.90 Å². The van der Waals surface area contributed by atoms with Gasteiger partial charge in [0.05, 0.1) is 25.5 Å². The number of halogens is 1. The first kappa shape index (κ1) is 20.2. The predicted molar refractivity (Wildman–Crippen MR) is 108 cm³/mol. The van der Waals surface area contributed by atoms with Crippen molar-refractivity contribution in [3.05, 3.63) is 46.2 Å². The van der Waals surface area contributed by atoms with Gasteiger partial charge in [0, 0.05) is 37.2 Å². The van der Waals surface area contributed by atoms with Gasteiger partial charge in [-0.15, -0.1) is 11.3 Å². The van der Waals surface area contributed by atoms with E-state index in [0.717, 1.165) is 37.9 Å². The van der Waals surface area contributed by atoms with Gasteiger partial charge in [-0.2, -0.15) is 0 Å². The lowest BCUT2D eigenvalue weighted by molar-refractivity contribution is -0.0191. The number of aromatic nitrogens is 1. The first-order valence-electron chi connectivity index (χ1n) is 9.81. The number of carbonyl (C=O) groups is 1. The average Bonchev–Trinajstić information content (AvgIpc) is 3.20. The van der Waals surface area contributed by atoms with Gasteiger partial charge in [-0.1, -0.05) is 0 Å². The van der Waals surface area contributed by atoms with Crippen LogP contribution in [0, 0.1) is 5.82 Å². The third-order valence-electron chi connectivity index (χ3n) is 5.46. The van der Waals surface area contributed by atoms with E-state index in [4.69, 9.17) is 4.74 Å². The number of anilines is 1. The molecule has 4 rings (SSSR count). The van der Waals surface area contributed by atoms with Crippen LogP contribution in [0.5, 0.6) is 0 Å². The Kier molecular flexibility index (Phi) is 6.09. The second-order valence-corrected chi connectivity index (χ2v) is 8.41. The van der Waals surface area contributed by atoms with E-state index in [-0.39, 0.29) is 11.8 Å². The number of nitrogens with zero attached hydrogens (tertiary/aromatic N) is 3. The van der Waals surface area contributed by atoms with Crippen LogP contribution in [0.15, 0.2) is 29.6 Å². The summed E-state index contributed by atoms with van der Waals surface area (Å²) in [5.74, 6) is -0.345. The van der Waals surface area contributed by atoms with Gasteiger partial charge >= 0.3 is 6.03 Å². The van der Waals surface area contributed by atoms with Gasteiger partial charge in [0.25, 0.3) is 0 Å². The molecule has 2 aromatic rings. The van der Waals surface area contributed by atoms with Crippen LogP contribution >= 0.6 is 11.3 Å². The molecule has 0 aliphatic carbocycles. The second-order valence-electron chi connectivity index (χ2n) is 7.47. The van der Waals surface area contributed by atoms with Crippen LogP contribution < -0.4 is 5.32 Å². The van der Waals surface area contributed by atoms with E-state index < -0.39 is 5.60 Å². The molecule has 2 aliphatic heterocycles. The van der Waals surface area contributed by atoms with Crippen LogP contribution in [-0.2, 0) is 16.9 Å². The first-order chi connectivity index (χ1) is 14.0. The Morgan fingerprint density at radius 1 is 1.21 bits per heavy atom. The van der Waals surface area contributed by atoms with E-state index in [1.54, 1.807) is 16.2 Å². The number of amides is 2. The molecule has 0 radical (unpaired) electrons. The summed E-state index contributed by atoms with van der Waals surface area (Å²) in [7, 11) is 0. The Morgan fingerprint density at radius 3 is 2.59 bits per heavy atom. The van der Waals surface area contributed by atoms with Crippen molar-refractivity contribution in [1.29, 1.82) is 0 Å². The fraction of sp³-hybridized carbons (Fsp3) is 0.500. The summed E-state index contributed by atoms with van der Waals surface area (Å²) in [4.78, 5) is 21.1. The van der Waals surface area contributed by atoms with Gasteiger partial charge < -0.3 is 20.1 Å². The fourth-order valence-corrected chi connectivity index (χ4v) is 4.55. The largest absolute Gasteiger partial charge is 0.383 e. The summed E-state index contributed by atoms with van der Waals surface area (Å²) in [5, 5.41) is 16.8. The summed E-state index contributed by atoms with van der Waals surface area (Å²) in [6.07, 6.45) is 0.870. The number of thiazole rings is 1. The highest BCUT2D eigenvalue weighted by Gasteiger charge is 2.37. The molecule has 29 heavy (non-hydrogen) atoms. The Balaban J connectivity index is 1.32. The number of benzene rings is 1. The smallest absolute Gasteiger partial charge is 0.321 e. The van der Waals surface area contributed by atoms with Crippen molar-refractivity contribution in [2.75, 3.05) is 44.7 Å². The molecule has 0 saturated carbocycles. The molecule has 0 spiro atoms. The van der Waals surface area contributed by atoms with Gasteiger partial charge in [0.1, 0.15) is 16.4 Å². The van der Waals surface area contributed by atoms with E-state index in [1.807, 2.05) is 5.38 Å². The minimum absolute atomic E-state index is 0.245. The number of rotatable bonds is 4. The highest BCUT2D eigenvalue weighted by atomic mass is 32.1. The molecule has 9 heteroatoms. The number of hydrogen-bond acceptors (Lipinski definition) is 6. The third kappa shape index (κ3) is 4.92. The highest BCUT2D eigenvalue weighted by Crippen LogP contribution is 2.34. The number of nitrogens with one attached hydrogen (secondary N) is 1. The Morgan fingerprint density at radius 2 is 1.90 bits per heavy atom. The van der Waals surface area contributed by atoms with Gasteiger partial charge in [-0.25, -0.2) is 14.2 Å². The molecule has 0 atom stereocenters. The molecular formula is C20H25FN4O3S. The highest BCUT2D eigenvalue weighted by molar-refractivity contribution is 7.09. The zero-order valence-electron chi connectivity index (χ0n) is 16.1. The van der Waals surface area contributed by atoms with Crippen LogP contribution in [0.1, 0.15) is 23.5 Å². The third-order valence-corrected chi connectivity index (χ3v) is 6.30. The second kappa shape index (κ2) is 8.74. The number of piperidine rings is 1. The molecule has 7 nitrogen and oxygen atoms in total. The maximum Gasteiger partial charge on any atom is 0.321 e. The Labute approximate surface area is 173 Å². The molecule has 2 amide bonds. The number of carbonyl (C=O) groups excluding carboxylic acids is 1. The summed E-state index contributed by atoms with van der Waals surface area (Å²) in [5.41, 5.74) is 0.237. The maximum atomic E-state index is 13.0. The van der Waals surface area contributed by atoms with Crippen LogP contribution in [0.25, 0.3) is 0 Å². The number of ether oxygens (including phenoxy) is 1. The van der Waals surface area contributed by atoms with Gasteiger partial charge in [0.2, 0.25) is 0 Å². The fourth-order valence-electron chi connectivity index (χ4n) is 3.62. The summed E-state index contributed by atoms with van der Waals surface area (Å²) < 4.78 is 18.4. The van der Waals surface area contributed by atoms with Crippen LogP contribution in [0.3, 0.4) is 0 Å². The Hall–Kier alpha value is -2.07. The molecule has 1 aromatic heterocycles. The molecule has 2 saturated heterocycles. The van der Waals surface area contributed by atoms with Crippen LogP contribution in [-0.4, -0.2) is 65.3 Å². The van der Waals surface area contributed by atoms with Crippen molar-refractivity contribution in [3.63, 3.8) is 0 Å². The van der Waals surface area contributed by atoms with E-state index in [1.165, 1.54) is 24.3 Å². The summed E-state index contributed by atoms with van der Waals surface area (Å²) >= 11 is 1.57. The van der Waals surface area contributed by atoms with Crippen LogP contribution in [0.4, 0.5) is 14.9 Å². The monoisotopic (exact) mass is 420 g/mol. The quantitative estimate of drug-likeness (QED) is 0.795. The van der Waals surface area contributed by atoms with Crippen molar-refractivity contribution < 1.29 is 19.0 Å². The molecular weight excluding hydrogens is 395 g/mol. The van der Waals surface area contributed by atoms with Gasteiger partial charge in [0.15, 0.2) is 0 Å². The number of urea groups is 1. The van der Waals surface area contributed by atoms with E-state index >= 15 is 0 Å². The lowest BCUT2D eigenvalue weighted by Gasteiger charge is -2.37. The van der Waals surface area contributed by atoms with Crippen LogP contribution in [0.2, 0.25) is 0 Å². The number of morpholine rings is 1. The number of aliphatic hydroxyl groups is 1. The molecule has 2 fully saturated rings. The van der Waals surface area contributed by atoms with Crippen molar-refractivity contribution in [1.82, 2.24) is 14.8 Å². The van der Waals surface area contributed by atoms with Crippen molar-refractivity contribution in [3.8, 4) is 0 Å². The van der Waals surface area contributed by atoms with E-state index in [2.05, 4.69) is 15.2 Å². The summed E-state index contributed by atoms with van der Waals surface area (Å²) in [6.45, 7) is 4.93. The SMILES string of the molecule is O=C(Nc1ccc(F)cc1)N1CCC(O)(c2csc(CN3CCOCC3)n2)CC1. The molecule has 2 aliphatic rings. The minimum Gasteiger partial charge on any atom is -0.383 e. The van der Waals surface area contributed by atoms with Crippen molar-refractivity contribution in [2.24, 2.45) is 0 Å². The zero-order chi connectivity index (χ0) is 20.3. The zero-order valence-corrected chi connectivity index (χ0v) is 17.0. The topological polar surface area (TPSA) is 77.9 Å². The molecule has 3 heterocycles. The number of hydrogen-bond donors (Lipinski definition) is 2. The molecule has 156 valence electrons. The van der Waals surface area contributed by atoms with Crippen molar-refractivity contribution in [2.45, 2.75) is 25.0 Å². The molecule has 0 unspecified atom stereocenters. The molecule has 2 N–H and O–H groups in total. The number of likely N-dealkylation sites (tertiary alicyclic amines) is 1. The summed E-state index contributed by atoms with van der Waals surface area (Å²) in [6, 6.07) is 5.42. The average molecular weight is 421 g/mol. The van der Waals surface area contributed by atoms with E-state index in [9.17, 15) is 14.3 Å². The lowest BCUT2D eigenvalue weighted by Crippen LogP contribution is -2.46. The lowest BCUT2D eigenvalue weighted by atomic mass is 9.89.